The summed E-state index contributed by atoms with van der Waals surface area (Å²) < 4.78 is 11.3. The molecule has 0 unspecified atom stereocenters. The van der Waals surface area contributed by atoms with Gasteiger partial charge in [-0.25, -0.2) is 0 Å². The Morgan fingerprint density at radius 2 is 1.82 bits per heavy atom. The molecule has 0 radical (unpaired) electrons. The molecule has 0 bridgehead atoms. The van der Waals surface area contributed by atoms with Crippen LogP contribution in [0.15, 0.2) is 54.6 Å². The quantitative estimate of drug-likeness (QED) is 0.706. The summed E-state index contributed by atoms with van der Waals surface area (Å²) in [6.45, 7) is 3.69. The summed E-state index contributed by atoms with van der Waals surface area (Å²) >= 11 is 0. The van der Waals surface area contributed by atoms with Crippen molar-refractivity contribution in [2.75, 3.05) is 26.8 Å². The van der Waals surface area contributed by atoms with Crippen LogP contribution in [-0.2, 0) is 22.7 Å². The molecule has 2 aliphatic rings. The molecule has 2 atom stereocenters. The van der Waals surface area contributed by atoms with Crippen molar-refractivity contribution < 1.29 is 14.3 Å². The molecule has 4 rings (SSSR count). The SMILES string of the molecule is COCCN1C(=O)C[C@H]2[C@@H]1CCN2Cc1ccccc1OCc1ccccc1. The van der Waals surface area contributed by atoms with Crippen molar-refractivity contribution in [1.82, 2.24) is 9.80 Å². The van der Waals surface area contributed by atoms with Gasteiger partial charge in [0.25, 0.3) is 0 Å². The third-order valence-corrected chi connectivity index (χ3v) is 5.85. The first-order chi connectivity index (χ1) is 13.8. The fourth-order valence-electron chi connectivity index (χ4n) is 4.42. The van der Waals surface area contributed by atoms with Gasteiger partial charge in [0.1, 0.15) is 12.4 Å². The first kappa shape index (κ1) is 19.0. The van der Waals surface area contributed by atoms with Crippen LogP contribution in [0, 0.1) is 0 Å². The molecule has 2 aliphatic heterocycles. The third-order valence-electron chi connectivity index (χ3n) is 5.85. The lowest BCUT2D eigenvalue weighted by atomic mass is 10.1. The highest BCUT2D eigenvalue weighted by atomic mass is 16.5. The molecule has 28 heavy (non-hydrogen) atoms. The Morgan fingerprint density at radius 1 is 1.04 bits per heavy atom. The number of fused-ring (bicyclic) bond motifs is 1. The maximum absolute atomic E-state index is 12.4. The Morgan fingerprint density at radius 3 is 2.64 bits per heavy atom. The molecular weight excluding hydrogens is 352 g/mol. The van der Waals surface area contributed by atoms with Gasteiger partial charge in [-0.3, -0.25) is 9.69 Å². The van der Waals surface area contributed by atoms with Crippen molar-refractivity contribution >= 4 is 5.91 Å². The van der Waals surface area contributed by atoms with Gasteiger partial charge in [0.05, 0.1) is 6.61 Å². The van der Waals surface area contributed by atoms with E-state index in [1.54, 1.807) is 7.11 Å². The van der Waals surface area contributed by atoms with E-state index in [1.165, 1.54) is 5.56 Å². The van der Waals surface area contributed by atoms with Gasteiger partial charge in [-0.1, -0.05) is 48.5 Å². The maximum Gasteiger partial charge on any atom is 0.224 e. The fourth-order valence-corrected chi connectivity index (χ4v) is 4.42. The van der Waals surface area contributed by atoms with E-state index in [0.29, 0.717) is 38.3 Å². The molecule has 2 aromatic carbocycles. The summed E-state index contributed by atoms with van der Waals surface area (Å²) in [6, 6.07) is 19.1. The van der Waals surface area contributed by atoms with Crippen LogP contribution in [0.1, 0.15) is 24.0 Å². The summed E-state index contributed by atoms with van der Waals surface area (Å²) in [5, 5.41) is 0. The summed E-state index contributed by atoms with van der Waals surface area (Å²) in [6.07, 6.45) is 1.65. The molecule has 0 aliphatic carbocycles. The number of carbonyl (C=O) groups excluding carboxylic acids is 1. The smallest absolute Gasteiger partial charge is 0.224 e. The fraction of sp³-hybridized carbons (Fsp3) is 0.435. The monoisotopic (exact) mass is 380 g/mol. The van der Waals surface area contributed by atoms with Crippen LogP contribution in [0.2, 0.25) is 0 Å². The van der Waals surface area contributed by atoms with Crippen LogP contribution >= 0.6 is 0 Å². The number of ether oxygens (including phenoxy) is 2. The average Bonchev–Trinajstić information content (AvgIpc) is 3.25. The predicted molar refractivity (Wildman–Crippen MR) is 108 cm³/mol. The normalized spacial score (nSPS) is 21.9. The minimum atomic E-state index is 0.255. The number of methoxy groups -OCH3 is 1. The molecule has 2 aromatic rings. The molecule has 0 spiro atoms. The third kappa shape index (κ3) is 4.05. The zero-order valence-electron chi connectivity index (χ0n) is 16.4. The Labute approximate surface area is 166 Å². The van der Waals surface area contributed by atoms with Crippen molar-refractivity contribution in [3.8, 4) is 5.75 Å². The minimum absolute atomic E-state index is 0.255. The first-order valence-electron chi connectivity index (χ1n) is 10.0. The second kappa shape index (κ2) is 8.76. The molecule has 2 heterocycles. The largest absolute Gasteiger partial charge is 0.489 e. The molecule has 2 saturated heterocycles. The summed E-state index contributed by atoms with van der Waals surface area (Å²) in [7, 11) is 1.69. The maximum atomic E-state index is 12.4. The van der Waals surface area contributed by atoms with Gasteiger partial charge in [-0.2, -0.15) is 0 Å². The van der Waals surface area contributed by atoms with Crippen LogP contribution in [0.25, 0.3) is 0 Å². The van der Waals surface area contributed by atoms with E-state index in [1.807, 2.05) is 35.2 Å². The van der Waals surface area contributed by atoms with Gasteiger partial charge in [-0.05, 0) is 18.1 Å². The van der Waals surface area contributed by atoms with Crippen LogP contribution in [0.3, 0.4) is 0 Å². The van der Waals surface area contributed by atoms with E-state index in [-0.39, 0.29) is 5.91 Å². The lowest BCUT2D eigenvalue weighted by Crippen LogP contribution is -2.38. The van der Waals surface area contributed by atoms with E-state index >= 15 is 0 Å². The molecule has 0 N–H and O–H groups in total. The standard InChI is InChI=1S/C23H28N2O3/c1-27-14-13-25-20-11-12-24(21(20)15-23(25)26)16-19-9-5-6-10-22(19)28-17-18-7-3-2-4-8-18/h2-10,20-21H,11-17H2,1H3/t20-,21-/m0/s1. The van der Waals surface area contributed by atoms with Crippen molar-refractivity contribution in [3.05, 3.63) is 65.7 Å². The Balaban J connectivity index is 1.42. The van der Waals surface area contributed by atoms with E-state index in [9.17, 15) is 4.79 Å². The van der Waals surface area contributed by atoms with Gasteiger partial charge in [0.2, 0.25) is 5.91 Å². The molecule has 0 aromatic heterocycles. The summed E-state index contributed by atoms with van der Waals surface area (Å²) in [5.74, 6) is 1.18. The van der Waals surface area contributed by atoms with E-state index in [2.05, 4.69) is 29.2 Å². The topological polar surface area (TPSA) is 42.0 Å². The van der Waals surface area contributed by atoms with Crippen LogP contribution in [0.5, 0.6) is 5.75 Å². The van der Waals surface area contributed by atoms with Crippen LogP contribution in [-0.4, -0.2) is 54.6 Å². The lowest BCUT2D eigenvalue weighted by molar-refractivity contribution is -0.129. The number of likely N-dealkylation sites (tertiary alicyclic amines) is 2. The van der Waals surface area contributed by atoms with Crippen LogP contribution in [0.4, 0.5) is 0 Å². The minimum Gasteiger partial charge on any atom is -0.489 e. The zero-order valence-corrected chi connectivity index (χ0v) is 16.4. The number of hydrogen-bond acceptors (Lipinski definition) is 4. The van der Waals surface area contributed by atoms with Gasteiger partial charge in [0.15, 0.2) is 0 Å². The average molecular weight is 380 g/mol. The van der Waals surface area contributed by atoms with Gasteiger partial charge >= 0.3 is 0 Å². The number of carbonyl (C=O) groups is 1. The molecular formula is C23H28N2O3. The Hall–Kier alpha value is -2.37. The lowest BCUT2D eigenvalue weighted by Gasteiger charge is -2.25. The highest BCUT2D eigenvalue weighted by Gasteiger charge is 2.46. The number of amides is 1. The van der Waals surface area contributed by atoms with Gasteiger partial charge < -0.3 is 14.4 Å². The summed E-state index contributed by atoms with van der Waals surface area (Å²) in [4.78, 5) is 16.9. The number of para-hydroxylation sites is 1. The van der Waals surface area contributed by atoms with Crippen molar-refractivity contribution in [2.45, 2.75) is 38.1 Å². The predicted octanol–water partition coefficient (Wildman–Crippen LogP) is 3.09. The van der Waals surface area contributed by atoms with Crippen molar-refractivity contribution in [1.29, 1.82) is 0 Å². The number of benzene rings is 2. The molecule has 2 fully saturated rings. The Kier molecular flexibility index (Phi) is 5.93. The van der Waals surface area contributed by atoms with Gasteiger partial charge in [0, 0.05) is 50.8 Å². The Bertz CT molecular complexity index is 795. The van der Waals surface area contributed by atoms with E-state index < -0.39 is 0 Å². The number of nitrogens with zero attached hydrogens (tertiary/aromatic N) is 2. The molecule has 0 saturated carbocycles. The molecule has 1 amide bonds. The second-order valence-corrected chi connectivity index (χ2v) is 7.56. The van der Waals surface area contributed by atoms with Crippen molar-refractivity contribution in [3.63, 3.8) is 0 Å². The van der Waals surface area contributed by atoms with Gasteiger partial charge in [-0.15, -0.1) is 0 Å². The zero-order chi connectivity index (χ0) is 19.3. The molecule has 5 nitrogen and oxygen atoms in total. The first-order valence-corrected chi connectivity index (χ1v) is 10.0. The molecule has 148 valence electrons. The molecule has 5 heteroatoms. The second-order valence-electron chi connectivity index (χ2n) is 7.56. The van der Waals surface area contributed by atoms with E-state index in [4.69, 9.17) is 9.47 Å². The highest BCUT2D eigenvalue weighted by Crippen LogP contribution is 2.34. The summed E-state index contributed by atoms with van der Waals surface area (Å²) in [5.41, 5.74) is 2.34. The van der Waals surface area contributed by atoms with Crippen LogP contribution < -0.4 is 4.74 Å². The number of rotatable bonds is 8. The van der Waals surface area contributed by atoms with E-state index in [0.717, 1.165) is 30.8 Å². The van der Waals surface area contributed by atoms with Crippen molar-refractivity contribution in [2.24, 2.45) is 0 Å². The number of hydrogen-bond donors (Lipinski definition) is 0. The highest BCUT2D eigenvalue weighted by molar-refractivity contribution is 5.80.